The molecule has 3 atom stereocenters. The Kier molecular flexibility index (Phi) is 6.23. The number of hydrogen-bond acceptors (Lipinski definition) is 5. The Morgan fingerprint density at radius 1 is 1.06 bits per heavy atom. The fraction of sp³-hybridized carbons (Fsp3) is 0.615. The van der Waals surface area contributed by atoms with Crippen molar-refractivity contribution in [2.45, 2.75) is 77.5 Å². The van der Waals surface area contributed by atoms with Crippen molar-refractivity contribution in [2.75, 3.05) is 18.6 Å². The third kappa shape index (κ3) is 4.88. The van der Waals surface area contributed by atoms with Gasteiger partial charge in [0.2, 0.25) is 0 Å². The highest BCUT2D eigenvalue weighted by Gasteiger charge is 2.44. The lowest BCUT2D eigenvalue weighted by molar-refractivity contribution is -0.000228. The van der Waals surface area contributed by atoms with E-state index in [9.17, 15) is 9.59 Å². The van der Waals surface area contributed by atoms with Gasteiger partial charge in [-0.15, -0.1) is 0 Å². The molecular formula is C26H36N2O4S. The summed E-state index contributed by atoms with van der Waals surface area (Å²) in [5, 5.41) is 1.14. The normalized spacial score (nSPS) is 22.8. The molecule has 1 aliphatic heterocycles. The van der Waals surface area contributed by atoms with E-state index in [0.29, 0.717) is 18.9 Å². The minimum atomic E-state index is -0.571. The first-order chi connectivity index (χ1) is 15.4. The summed E-state index contributed by atoms with van der Waals surface area (Å²) >= 11 is 1.82. The second-order valence-electron chi connectivity index (χ2n) is 11.3. The summed E-state index contributed by atoms with van der Waals surface area (Å²) in [7, 11) is 0. The predicted molar refractivity (Wildman–Crippen MR) is 133 cm³/mol. The van der Waals surface area contributed by atoms with Gasteiger partial charge in [-0.1, -0.05) is 12.1 Å². The van der Waals surface area contributed by atoms with Gasteiger partial charge in [0, 0.05) is 30.1 Å². The molecule has 1 aromatic heterocycles. The van der Waals surface area contributed by atoms with Crippen LogP contribution in [0.3, 0.4) is 0 Å². The number of aromatic nitrogens is 1. The first-order valence-corrected chi connectivity index (χ1v) is 13.1. The maximum Gasteiger partial charge on any atom is 0.419 e. The van der Waals surface area contributed by atoms with Gasteiger partial charge in [-0.05, 0) is 89.5 Å². The highest BCUT2D eigenvalue weighted by atomic mass is 32.2. The predicted octanol–water partition coefficient (Wildman–Crippen LogP) is 6.05. The quantitative estimate of drug-likeness (QED) is 0.532. The molecule has 1 amide bonds. The van der Waals surface area contributed by atoms with Gasteiger partial charge in [0.25, 0.3) is 0 Å². The molecule has 180 valence electrons. The van der Waals surface area contributed by atoms with Crippen LogP contribution in [0, 0.1) is 5.92 Å². The molecule has 2 heterocycles. The second kappa shape index (κ2) is 8.57. The molecule has 0 saturated carbocycles. The summed E-state index contributed by atoms with van der Waals surface area (Å²) < 4.78 is 13.1. The van der Waals surface area contributed by atoms with Crippen LogP contribution in [0.2, 0.25) is 0 Å². The van der Waals surface area contributed by atoms with E-state index in [1.807, 2.05) is 76.5 Å². The summed E-state index contributed by atoms with van der Waals surface area (Å²) in [5.41, 5.74) is 2.08. The van der Waals surface area contributed by atoms with Crippen LogP contribution in [0.1, 0.15) is 65.0 Å². The second-order valence-corrected chi connectivity index (χ2v) is 12.2. The zero-order chi connectivity index (χ0) is 24.1. The van der Waals surface area contributed by atoms with Crippen molar-refractivity contribution in [3.63, 3.8) is 0 Å². The number of carbonyl (C=O) groups excluding carboxylic acids is 2. The molecule has 6 nitrogen and oxygen atoms in total. The van der Waals surface area contributed by atoms with Crippen molar-refractivity contribution in [1.82, 2.24) is 9.47 Å². The zero-order valence-electron chi connectivity index (χ0n) is 20.8. The van der Waals surface area contributed by atoms with E-state index < -0.39 is 11.2 Å². The lowest BCUT2D eigenvalue weighted by Crippen LogP contribution is -2.54. The Morgan fingerprint density at radius 2 is 1.73 bits per heavy atom. The van der Waals surface area contributed by atoms with Gasteiger partial charge >= 0.3 is 12.2 Å². The number of likely N-dealkylation sites (tertiary alicyclic amines) is 1. The number of rotatable bonds is 2. The fourth-order valence-corrected chi connectivity index (χ4v) is 5.96. The molecule has 7 heteroatoms. The van der Waals surface area contributed by atoms with Crippen LogP contribution >= 0.6 is 11.8 Å². The number of amides is 1. The van der Waals surface area contributed by atoms with Crippen molar-refractivity contribution in [3.05, 3.63) is 35.5 Å². The van der Waals surface area contributed by atoms with E-state index in [1.165, 1.54) is 5.56 Å². The van der Waals surface area contributed by atoms with E-state index >= 15 is 0 Å². The molecule has 0 spiro atoms. The molecule has 4 rings (SSSR count). The van der Waals surface area contributed by atoms with Crippen LogP contribution in [0.5, 0.6) is 0 Å². The van der Waals surface area contributed by atoms with Crippen LogP contribution in [-0.2, 0) is 15.9 Å². The largest absolute Gasteiger partial charge is 0.444 e. The first kappa shape index (κ1) is 24.0. The third-order valence-corrected chi connectivity index (χ3v) is 7.10. The van der Waals surface area contributed by atoms with E-state index in [0.717, 1.165) is 28.6 Å². The maximum absolute atomic E-state index is 13.3. The molecule has 33 heavy (non-hydrogen) atoms. The monoisotopic (exact) mass is 472 g/mol. The summed E-state index contributed by atoms with van der Waals surface area (Å²) in [6, 6.07) is 6.18. The highest BCUT2D eigenvalue weighted by Crippen LogP contribution is 2.46. The first-order valence-electron chi connectivity index (χ1n) is 11.7. The summed E-state index contributed by atoms with van der Waals surface area (Å²) in [4.78, 5) is 28.2. The topological polar surface area (TPSA) is 60.8 Å². The van der Waals surface area contributed by atoms with Crippen LogP contribution in [0.25, 0.3) is 10.9 Å². The third-order valence-electron chi connectivity index (χ3n) is 6.30. The zero-order valence-corrected chi connectivity index (χ0v) is 21.6. The number of nitrogens with zero attached hydrogens (tertiary/aromatic N) is 2. The van der Waals surface area contributed by atoms with Crippen molar-refractivity contribution in [1.29, 1.82) is 0 Å². The van der Waals surface area contributed by atoms with Gasteiger partial charge in [0.05, 0.1) is 5.52 Å². The Labute approximate surface area is 201 Å². The molecule has 1 aromatic carbocycles. The average molecular weight is 473 g/mol. The number of piperidine rings is 1. The van der Waals surface area contributed by atoms with Crippen molar-refractivity contribution in [3.8, 4) is 0 Å². The van der Waals surface area contributed by atoms with Crippen molar-refractivity contribution >= 4 is 34.9 Å². The van der Waals surface area contributed by atoms with Crippen LogP contribution in [0.15, 0.2) is 24.4 Å². The number of benzene rings is 1. The molecule has 0 bridgehead atoms. The number of hydrogen-bond donors (Lipinski definition) is 0. The van der Waals surface area contributed by atoms with Crippen LogP contribution in [0.4, 0.5) is 9.59 Å². The van der Waals surface area contributed by atoms with Gasteiger partial charge in [-0.25, -0.2) is 9.59 Å². The standard InChI is InChI=1S/C26H36N2O4S/c1-25(2,3)31-23(29)27-13-16(15-33-7)11-19-18-9-8-10-20-22(18)17(12-21(19)27)14-28(20)24(30)32-26(4,5)6/h8-10,14,16,19,21H,11-13,15H2,1-7H3/t16?,19-,21-/m1/s1. The van der Waals surface area contributed by atoms with E-state index in [1.54, 1.807) is 4.57 Å². The Morgan fingerprint density at radius 3 is 2.36 bits per heavy atom. The molecular weight excluding hydrogens is 436 g/mol. The molecule has 1 saturated heterocycles. The number of ether oxygens (including phenoxy) is 2. The van der Waals surface area contributed by atoms with Gasteiger partial charge in [0.1, 0.15) is 11.2 Å². The molecule has 0 radical (unpaired) electrons. The van der Waals surface area contributed by atoms with Crippen LogP contribution < -0.4 is 0 Å². The van der Waals surface area contributed by atoms with E-state index in [-0.39, 0.29) is 24.1 Å². The molecule has 2 aromatic rings. The molecule has 1 fully saturated rings. The van der Waals surface area contributed by atoms with Gasteiger partial charge < -0.3 is 14.4 Å². The Bertz CT molecular complexity index is 1060. The van der Waals surface area contributed by atoms with E-state index in [4.69, 9.17) is 9.47 Å². The number of carbonyl (C=O) groups is 2. The smallest absolute Gasteiger partial charge is 0.419 e. The SMILES string of the molecule is CSCC1C[C@@H]2c3cccc4c3c(cn4C(=O)OC(C)(C)C)C[C@H]2N(C(=O)OC(C)(C)C)C1. The summed E-state index contributed by atoms with van der Waals surface area (Å²) in [5.74, 6) is 1.62. The summed E-state index contributed by atoms with van der Waals surface area (Å²) in [6.07, 6.45) is 5.14. The van der Waals surface area contributed by atoms with Crippen molar-refractivity contribution < 1.29 is 19.1 Å². The molecule has 1 unspecified atom stereocenters. The van der Waals surface area contributed by atoms with Gasteiger partial charge in [-0.3, -0.25) is 4.57 Å². The minimum absolute atomic E-state index is 0.0190. The maximum atomic E-state index is 13.3. The highest BCUT2D eigenvalue weighted by molar-refractivity contribution is 7.98. The fourth-order valence-electron chi connectivity index (χ4n) is 5.24. The number of fused-ring (bicyclic) bond motifs is 2. The lowest BCUT2D eigenvalue weighted by Gasteiger charge is -2.47. The molecule has 0 N–H and O–H groups in total. The lowest BCUT2D eigenvalue weighted by atomic mass is 9.72. The van der Waals surface area contributed by atoms with Crippen molar-refractivity contribution in [2.24, 2.45) is 5.92 Å². The average Bonchev–Trinajstić information content (AvgIpc) is 3.06. The van der Waals surface area contributed by atoms with Gasteiger partial charge in [0.15, 0.2) is 0 Å². The Balaban J connectivity index is 1.76. The summed E-state index contributed by atoms with van der Waals surface area (Å²) in [6.45, 7) is 12.1. The number of thioether (sulfide) groups is 1. The van der Waals surface area contributed by atoms with E-state index in [2.05, 4.69) is 12.3 Å². The molecule has 1 aliphatic carbocycles. The molecule has 2 aliphatic rings. The minimum Gasteiger partial charge on any atom is -0.444 e. The van der Waals surface area contributed by atoms with Gasteiger partial charge in [-0.2, -0.15) is 11.8 Å². The Hall–Kier alpha value is -2.15. The van der Waals surface area contributed by atoms with Crippen LogP contribution in [-0.4, -0.2) is 57.5 Å².